The number of rotatable bonds is 4. The van der Waals surface area contributed by atoms with Gasteiger partial charge in [0, 0.05) is 11.1 Å². The van der Waals surface area contributed by atoms with Gasteiger partial charge in [-0.1, -0.05) is 60.7 Å². The smallest absolute Gasteiger partial charge is 0.200 e. The molecule has 1 aliphatic rings. The highest BCUT2D eigenvalue weighted by molar-refractivity contribution is 6.13. The van der Waals surface area contributed by atoms with Gasteiger partial charge in [0.15, 0.2) is 11.2 Å². The van der Waals surface area contributed by atoms with Crippen molar-refractivity contribution in [3.63, 3.8) is 0 Å². The molecule has 0 unspecified atom stereocenters. The van der Waals surface area contributed by atoms with E-state index in [4.69, 9.17) is 0 Å². The maximum absolute atomic E-state index is 13.1. The summed E-state index contributed by atoms with van der Waals surface area (Å²) in [7, 11) is 0. The van der Waals surface area contributed by atoms with Gasteiger partial charge in [-0.25, -0.2) is 0 Å². The van der Waals surface area contributed by atoms with Gasteiger partial charge >= 0.3 is 0 Å². The third kappa shape index (κ3) is 2.70. The minimum absolute atomic E-state index is 0.181. The Morgan fingerprint density at radius 2 is 0.893 bits per heavy atom. The summed E-state index contributed by atoms with van der Waals surface area (Å²) in [5.41, 5.74) is -7.03. The van der Waals surface area contributed by atoms with Gasteiger partial charge in [-0.05, 0) is 0 Å². The van der Waals surface area contributed by atoms with Crippen LogP contribution < -0.4 is 0 Å². The van der Waals surface area contributed by atoms with Gasteiger partial charge in [0.1, 0.15) is 24.4 Å². The summed E-state index contributed by atoms with van der Waals surface area (Å²) in [5.74, 6) is -2.59. The van der Waals surface area contributed by atoms with E-state index < -0.39 is 47.2 Å². The van der Waals surface area contributed by atoms with Crippen LogP contribution in [0.2, 0.25) is 0 Å². The highest BCUT2D eigenvalue weighted by Crippen LogP contribution is 2.42. The van der Waals surface area contributed by atoms with E-state index in [1.165, 1.54) is 48.5 Å². The second-order valence-corrected chi connectivity index (χ2v) is 6.79. The van der Waals surface area contributed by atoms with Crippen molar-refractivity contribution in [3.8, 4) is 0 Å². The van der Waals surface area contributed by atoms with Crippen molar-refractivity contribution in [2.75, 3.05) is 0 Å². The van der Waals surface area contributed by atoms with Gasteiger partial charge in [0.25, 0.3) is 0 Å². The number of aliphatic hydroxyl groups is 6. The lowest BCUT2D eigenvalue weighted by Crippen LogP contribution is -2.82. The average Bonchev–Trinajstić information content (AvgIpc) is 2.75. The molecular weight excluding hydrogens is 368 g/mol. The van der Waals surface area contributed by atoms with Crippen molar-refractivity contribution in [1.82, 2.24) is 0 Å². The Balaban J connectivity index is 2.22. The molecule has 2 aromatic carbocycles. The third-order valence-corrected chi connectivity index (χ3v) is 5.20. The van der Waals surface area contributed by atoms with Crippen LogP contribution >= 0.6 is 0 Å². The van der Waals surface area contributed by atoms with Gasteiger partial charge in [-0.15, -0.1) is 0 Å². The van der Waals surface area contributed by atoms with E-state index >= 15 is 0 Å². The van der Waals surface area contributed by atoms with Crippen LogP contribution in [0.4, 0.5) is 0 Å². The maximum atomic E-state index is 13.1. The van der Waals surface area contributed by atoms with Gasteiger partial charge in [-0.2, -0.15) is 0 Å². The summed E-state index contributed by atoms with van der Waals surface area (Å²) < 4.78 is 0. The molecule has 0 aliphatic heterocycles. The molecule has 0 radical (unpaired) electrons. The maximum Gasteiger partial charge on any atom is 0.200 e. The van der Waals surface area contributed by atoms with Gasteiger partial charge < -0.3 is 30.6 Å². The Hall–Kier alpha value is -2.46. The molecule has 8 heteroatoms. The van der Waals surface area contributed by atoms with Crippen molar-refractivity contribution in [2.45, 2.75) is 35.6 Å². The van der Waals surface area contributed by atoms with Crippen molar-refractivity contribution in [1.29, 1.82) is 0 Å². The van der Waals surface area contributed by atoms with Crippen LogP contribution in [0.5, 0.6) is 0 Å². The molecule has 8 nitrogen and oxygen atoms in total. The van der Waals surface area contributed by atoms with Crippen LogP contribution in [0.25, 0.3) is 0 Å². The lowest BCUT2D eigenvalue weighted by atomic mass is 9.60. The summed E-state index contributed by atoms with van der Waals surface area (Å²) in [5, 5.41) is 63.3. The zero-order chi connectivity index (χ0) is 20.7. The fourth-order valence-electron chi connectivity index (χ4n) is 3.55. The molecule has 6 atom stereocenters. The van der Waals surface area contributed by atoms with E-state index in [1.54, 1.807) is 12.1 Å². The number of benzene rings is 2. The summed E-state index contributed by atoms with van der Waals surface area (Å²) in [4.78, 5) is 26.1. The number of aliphatic hydroxyl groups excluding tert-OH is 4. The number of carbonyl (C=O) groups excluding carboxylic acids is 2. The quantitative estimate of drug-likeness (QED) is 0.352. The molecule has 28 heavy (non-hydrogen) atoms. The normalized spacial score (nSPS) is 35.4. The Kier molecular flexibility index (Phi) is 5.20. The van der Waals surface area contributed by atoms with Crippen LogP contribution in [0, 0.1) is 0 Å². The zero-order valence-corrected chi connectivity index (χ0v) is 14.6. The first-order valence-corrected chi connectivity index (χ1v) is 8.54. The van der Waals surface area contributed by atoms with Gasteiger partial charge in [0.2, 0.25) is 11.6 Å². The minimum atomic E-state index is -3.33. The lowest BCUT2D eigenvalue weighted by Gasteiger charge is -2.53. The van der Waals surface area contributed by atoms with Crippen molar-refractivity contribution < 1.29 is 40.2 Å². The van der Waals surface area contributed by atoms with Crippen LogP contribution in [0.1, 0.15) is 20.7 Å². The van der Waals surface area contributed by atoms with E-state index in [2.05, 4.69) is 0 Å². The number of carbonyl (C=O) groups is 2. The molecule has 1 saturated carbocycles. The molecule has 0 spiro atoms. The predicted octanol–water partition coefficient (Wildman–Crippen LogP) is -1.33. The topological polar surface area (TPSA) is 156 Å². The monoisotopic (exact) mass is 388 g/mol. The molecule has 6 N–H and O–H groups in total. The van der Waals surface area contributed by atoms with Crippen molar-refractivity contribution >= 4 is 11.6 Å². The largest absolute Gasteiger partial charge is 0.387 e. The predicted molar refractivity (Wildman–Crippen MR) is 95.5 cm³/mol. The molecule has 148 valence electrons. The molecule has 0 heterocycles. The Morgan fingerprint density at radius 3 is 1.18 bits per heavy atom. The van der Waals surface area contributed by atoms with Gasteiger partial charge in [0.05, 0.1) is 0 Å². The highest BCUT2D eigenvalue weighted by atomic mass is 16.4. The summed E-state index contributed by atoms with van der Waals surface area (Å²) >= 11 is 0. The Labute approximate surface area is 159 Å². The van der Waals surface area contributed by atoms with Crippen LogP contribution in [0.3, 0.4) is 0 Å². The Morgan fingerprint density at radius 1 is 0.607 bits per heavy atom. The van der Waals surface area contributed by atoms with E-state index in [0.29, 0.717) is 0 Å². The summed E-state index contributed by atoms with van der Waals surface area (Å²) in [6, 6.07) is 14.0. The summed E-state index contributed by atoms with van der Waals surface area (Å²) in [6.07, 6.45) is -9.32. The average molecular weight is 388 g/mol. The fourth-order valence-corrected chi connectivity index (χ4v) is 3.55. The number of hydrogen-bond donors (Lipinski definition) is 6. The third-order valence-electron chi connectivity index (χ3n) is 5.20. The molecule has 1 fully saturated rings. The SMILES string of the molecule is O=C(c1ccccc1)[C@@]1(O)[C@H](O)[C@H](O)[C@@H](O)[C@H](O)[C@]1(O)C(=O)c1ccccc1. The first kappa shape index (κ1) is 20.3. The van der Waals surface area contributed by atoms with Crippen LogP contribution in [-0.4, -0.2) is 77.8 Å². The first-order chi connectivity index (χ1) is 13.2. The van der Waals surface area contributed by atoms with Crippen molar-refractivity contribution in [2.24, 2.45) is 0 Å². The lowest BCUT2D eigenvalue weighted by molar-refractivity contribution is -0.274. The molecule has 2 aromatic rings. The molecule has 0 amide bonds. The van der Waals surface area contributed by atoms with E-state index in [-0.39, 0.29) is 11.1 Å². The molecule has 0 aromatic heterocycles. The molecular formula is C20H20O8. The van der Waals surface area contributed by atoms with Crippen LogP contribution in [0.15, 0.2) is 60.7 Å². The number of hydrogen-bond acceptors (Lipinski definition) is 8. The van der Waals surface area contributed by atoms with Crippen molar-refractivity contribution in [3.05, 3.63) is 71.8 Å². The standard InChI is InChI=1S/C20H20O8/c21-13-14(22)18(26)20(28,16(24)12-9-5-2-6-10-12)19(27,17(13)25)15(23)11-7-3-1-4-8-11/h1-10,13-14,17-18,21-22,25-28H/t13-,14-,17-,18+,19-,20-/m1/s1. The number of Topliss-reactive ketones (excluding diaryl/α,β-unsaturated/α-hetero) is 2. The molecule has 0 saturated heterocycles. The fraction of sp³-hybridized carbons (Fsp3) is 0.300. The highest BCUT2D eigenvalue weighted by Gasteiger charge is 2.73. The van der Waals surface area contributed by atoms with E-state index in [1.807, 2.05) is 0 Å². The zero-order valence-electron chi connectivity index (χ0n) is 14.6. The van der Waals surface area contributed by atoms with Crippen LogP contribution in [-0.2, 0) is 0 Å². The van der Waals surface area contributed by atoms with Gasteiger partial charge in [-0.3, -0.25) is 9.59 Å². The second kappa shape index (κ2) is 7.17. The Bertz CT molecular complexity index is 797. The molecule has 1 aliphatic carbocycles. The first-order valence-electron chi connectivity index (χ1n) is 8.54. The summed E-state index contributed by atoms with van der Waals surface area (Å²) in [6.45, 7) is 0. The molecule has 0 bridgehead atoms. The van der Waals surface area contributed by atoms with E-state index in [9.17, 15) is 40.2 Å². The minimum Gasteiger partial charge on any atom is -0.387 e. The second-order valence-electron chi connectivity index (χ2n) is 6.79. The number of ketones is 2. The molecule has 3 rings (SSSR count). The van der Waals surface area contributed by atoms with E-state index in [0.717, 1.165) is 0 Å².